The fourth-order valence-corrected chi connectivity index (χ4v) is 4.33. The van der Waals surface area contributed by atoms with E-state index < -0.39 is 0 Å². The molecule has 2 rings (SSSR count). The van der Waals surface area contributed by atoms with Crippen LogP contribution in [0.3, 0.4) is 0 Å². The highest BCUT2D eigenvalue weighted by molar-refractivity contribution is 8.00. The molecule has 2 fully saturated rings. The summed E-state index contributed by atoms with van der Waals surface area (Å²) in [5.74, 6) is 3.13. The molecule has 1 N–H and O–H groups in total. The van der Waals surface area contributed by atoms with Crippen molar-refractivity contribution < 1.29 is 0 Å². The van der Waals surface area contributed by atoms with Crippen LogP contribution >= 0.6 is 11.8 Å². The largest absolute Gasteiger partial charge is 0.357 e. The van der Waals surface area contributed by atoms with Gasteiger partial charge in [-0.1, -0.05) is 13.8 Å². The molecule has 0 amide bonds. The fraction of sp³-hybridized carbons (Fsp3) is 0.938. The molecule has 2 saturated heterocycles. The van der Waals surface area contributed by atoms with Gasteiger partial charge in [0, 0.05) is 43.7 Å². The van der Waals surface area contributed by atoms with E-state index in [1.165, 1.54) is 38.2 Å². The van der Waals surface area contributed by atoms with Gasteiger partial charge in [-0.25, -0.2) is 0 Å². The fourth-order valence-electron chi connectivity index (χ4n) is 3.15. The second-order valence-electron chi connectivity index (χ2n) is 6.09. The molecule has 122 valence electrons. The van der Waals surface area contributed by atoms with Crippen molar-refractivity contribution in [1.82, 2.24) is 15.1 Å². The minimum atomic E-state index is 0.750. The van der Waals surface area contributed by atoms with Crippen LogP contribution in [0.1, 0.15) is 33.6 Å². The molecule has 2 unspecified atom stereocenters. The van der Waals surface area contributed by atoms with E-state index in [0.717, 1.165) is 43.3 Å². The zero-order chi connectivity index (χ0) is 15.1. The predicted octanol–water partition coefficient (Wildman–Crippen LogP) is 2.12. The number of nitrogens with zero attached hydrogens (tertiary/aromatic N) is 3. The van der Waals surface area contributed by atoms with Crippen LogP contribution in [0.25, 0.3) is 0 Å². The third-order valence-electron chi connectivity index (χ3n) is 4.54. The lowest BCUT2D eigenvalue weighted by Gasteiger charge is -2.34. The Labute approximate surface area is 134 Å². The van der Waals surface area contributed by atoms with Crippen LogP contribution in [-0.2, 0) is 0 Å². The third-order valence-corrected chi connectivity index (χ3v) is 5.92. The topological polar surface area (TPSA) is 30.9 Å². The molecule has 4 nitrogen and oxygen atoms in total. The van der Waals surface area contributed by atoms with Crippen LogP contribution < -0.4 is 5.32 Å². The van der Waals surface area contributed by atoms with E-state index in [-0.39, 0.29) is 0 Å². The quantitative estimate of drug-likeness (QED) is 0.622. The molecule has 2 heterocycles. The summed E-state index contributed by atoms with van der Waals surface area (Å²) >= 11 is 2.12. The molecule has 0 aliphatic carbocycles. The Hall–Kier alpha value is -0.420. The Kier molecular flexibility index (Phi) is 7.17. The van der Waals surface area contributed by atoms with Crippen molar-refractivity contribution in [3.8, 4) is 0 Å². The highest BCUT2D eigenvalue weighted by Crippen LogP contribution is 2.21. The van der Waals surface area contributed by atoms with E-state index in [9.17, 15) is 0 Å². The van der Waals surface area contributed by atoms with Crippen molar-refractivity contribution in [1.29, 1.82) is 0 Å². The number of rotatable bonds is 5. The molecule has 0 aromatic carbocycles. The van der Waals surface area contributed by atoms with Gasteiger partial charge in [0.15, 0.2) is 5.96 Å². The summed E-state index contributed by atoms with van der Waals surface area (Å²) < 4.78 is 0. The molecule has 0 radical (unpaired) electrons. The van der Waals surface area contributed by atoms with Crippen LogP contribution in [0.2, 0.25) is 0 Å². The number of likely N-dealkylation sites (tertiary alicyclic amines) is 1. The van der Waals surface area contributed by atoms with Crippen LogP contribution in [0.4, 0.5) is 0 Å². The van der Waals surface area contributed by atoms with Gasteiger partial charge in [0.1, 0.15) is 0 Å². The number of aliphatic imine (C=N–C) groups is 1. The highest BCUT2D eigenvalue weighted by Gasteiger charge is 2.23. The molecule has 0 aromatic rings. The third kappa shape index (κ3) is 5.06. The Morgan fingerprint density at radius 1 is 1.24 bits per heavy atom. The second-order valence-corrected chi connectivity index (χ2v) is 7.50. The number of nitrogens with one attached hydrogen (secondary N) is 1. The normalized spacial score (nSPS) is 28.1. The van der Waals surface area contributed by atoms with Crippen molar-refractivity contribution in [2.45, 2.75) is 38.9 Å². The van der Waals surface area contributed by atoms with Gasteiger partial charge < -0.3 is 15.1 Å². The van der Waals surface area contributed by atoms with E-state index in [2.05, 4.69) is 47.6 Å². The molecule has 0 spiro atoms. The van der Waals surface area contributed by atoms with Gasteiger partial charge in [0.25, 0.3) is 0 Å². The average Bonchev–Trinajstić information content (AvgIpc) is 2.99. The first kappa shape index (κ1) is 16.9. The van der Waals surface area contributed by atoms with Crippen molar-refractivity contribution >= 4 is 17.7 Å². The SMILES string of the molecule is CCNC(=NCC1CCN(CC)C1)N1CCSC(CC)C1. The lowest BCUT2D eigenvalue weighted by atomic mass is 10.1. The summed E-state index contributed by atoms with van der Waals surface area (Å²) in [7, 11) is 0. The first-order chi connectivity index (χ1) is 10.3. The molecule has 2 atom stereocenters. The summed E-state index contributed by atoms with van der Waals surface area (Å²) in [6, 6.07) is 0. The van der Waals surface area contributed by atoms with E-state index in [4.69, 9.17) is 4.99 Å². The van der Waals surface area contributed by atoms with Crippen LogP contribution in [0.5, 0.6) is 0 Å². The first-order valence-electron chi connectivity index (χ1n) is 8.64. The van der Waals surface area contributed by atoms with Crippen LogP contribution in [0.15, 0.2) is 4.99 Å². The summed E-state index contributed by atoms with van der Waals surface area (Å²) in [6.45, 7) is 14.6. The van der Waals surface area contributed by atoms with Crippen molar-refractivity contribution in [3.05, 3.63) is 0 Å². The van der Waals surface area contributed by atoms with Crippen LogP contribution in [-0.4, -0.2) is 72.6 Å². The van der Waals surface area contributed by atoms with E-state index in [1.807, 2.05) is 0 Å². The molecular formula is C16H32N4S. The number of thioether (sulfide) groups is 1. The van der Waals surface area contributed by atoms with Crippen LogP contribution in [0, 0.1) is 5.92 Å². The van der Waals surface area contributed by atoms with Crippen molar-refractivity contribution in [2.75, 3.05) is 51.6 Å². The van der Waals surface area contributed by atoms with Gasteiger partial charge in [-0.2, -0.15) is 11.8 Å². The Morgan fingerprint density at radius 3 is 2.76 bits per heavy atom. The smallest absolute Gasteiger partial charge is 0.193 e. The molecule has 21 heavy (non-hydrogen) atoms. The molecule has 0 bridgehead atoms. The average molecular weight is 313 g/mol. The maximum Gasteiger partial charge on any atom is 0.193 e. The number of hydrogen-bond acceptors (Lipinski definition) is 3. The van der Waals surface area contributed by atoms with Gasteiger partial charge >= 0.3 is 0 Å². The van der Waals surface area contributed by atoms with Crippen molar-refractivity contribution in [3.63, 3.8) is 0 Å². The zero-order valence-corrected chi connectivity index (χ0v) is 14.8. The molecule has 5 heteroatoms. The van der Waals surface area contributed by atoms with E-state index >= 15 is 0 Å². The Balaban J connectivity index is 1.89. The highest BCUT2D eigenvalue weighted by atomic mass is 32.2. The number of guanidine groups is 1. The lowest BCUT2D eigenvalue weighted by Crippen LogP contribution is -2.48. The maximum atomic E-state index is 4.95. The van der Waals surface area contributed by atoms with Gasteiger partial charge in [0.2, 0.25) is 0 Å². The first-order valence-corrected chi connectivity index (χ1v) is 9.68. The van der Waals surface area contributed by atoms with E-state index in [0.29, 0.717) is 0 Å². The minimum absolute atomic E-state index is 0.750. The van der Waals surface area contributed by atoms with Gasteiger partial charge in [-0.05, 0) is 38.8 Å². The maximum absolute atomic E-state index is 4.95. The summed E-state index contributed by atoms with van der Waals surface area (Å²) in [5, 5.41) is 4.27. The lowest BCUT2D eigenvalue weighted by molar-refractivity contribution is 0.343. The molecular weight excluding hydrogens is 280 g/mol. The Morgan fingerprint density at radius 2 is 2.10 bits per heavy atom. The zero-order valence-electron chi connectivity index (χ0n) is 14.0. The molecule has 0 saturated carbocycles. The second kappa shape index (κ2) is 8.89. The van der Waals surface area contributed by atoms with Gasteiger partial charge in [-0.15, -0.1) is 0 Å². The Bertz CT molecular complexity index is 334. The van der Waals surface area contributed by atoms with Gasteiger partial charge in [0.05, 0.1) is 0 Å². The summed E-state index contributed by atoms with van der Waals surface area (Å²) in [6.07, 6.45) is 2.57. The monoisotopic (exact) mass is 312 g/mol. The summed E-state index contributed by atoms with van der Waals surface area (Å²) in [4.78, 5) is 9.96. The van der Waals surface area contributed by atoms with Gasteiger partial charge in [-0.3, -0.25) is 4.99 Å². The molecule has 2 aliphatic heterocycles. The van der Waals surface area contributed by atoms with E-state index in [1.54, 1.807) is 0 Å². The number of hydrogen-bond donors (Lipinski definition) is 1. The molecule has 0 aromatic heterocycles. The molecule has 2 aliphatic rings. The minimum Gasteiger partial charge on any atom is -0.357 e. The summed E-state index contributed by atoms with van der Waals surface area (Å²) in [5.41, 5.74) is 0. The standard InChI is InChI=1S/C16H32N4S/c1-4-15-13-20(9-10-21-15)16(17-5-2)18-11-14-7-8-19(6-3)12-14/h14-15H,4-13H2,1-3H3,(H,17,18). The predicted molar refractivity (Wildman–Crippen MR) is 94.3 cm³/mol. The van der Waals surface area contributed by atoms with Crippen molar-refractivity contribution in [2.24, 2.45) is 10.9 Å².